The Kier molecular flexibility index (Phi) is 16.7. The van der Waals surface area contributed by atoms with Crippen molar-refractivity contribution in [2.45, 2.75) is 32.6 Å². The van der Waals surface area contributed by atoms with E-state index in [1.165, 1.54) is 0 Å². The topological polar surface area (TPSA) is 92.0 Å². The van der Waals surface area contributed by atoms with E-state index in [1.807, 2.05) is 0 Å². The zero-order valence-electron chi connectivity index (χ0n) is 13.1. The van der Waals surface area contributed by atoms with Gasteiger partial charge in [-0.1, -0.05) is 13.3 Å². The van der Waals surface area contributed by atoms with E-state index in [0.29, 0.717) is 59.1 Å². The highest BCUT2D eigenvalue weighted by molar-refractivity contribution is 5.75. The molecule has 0 bridgehead atoms. The molecule has 0 rings (SSSR count). The van der Waals surface area contributed by atoms with Crippen LogP contribution >= 0.6 is 0 Å². The number of ether oxygens (including phenoxy) is 4. The number of carbonyl (C=O) groups excluding carboxylic acids is 1. The molecule has 0 saturated heterocycles. The maximum Gasteiger partial charge on any atom is 0.233 e. The summed E-state index contributed by atoms with van der Waals surface area (Å²) in [5.41, 5.74) is 2.07. The van der Waals surface area contributed by atoms with E-state index in [0.717, 1.165) is 19.4 Å². The van der Waals surface area contributed by atoms with Crippen molar-refractivity contribution in [3.63, 3.8) is 0 Å². The van der Waals surface area contributed by atoms with Crippen LogP contribution in [0.25, 0.3) is 0 Å². The van der Waals surface area contributed by atoms with Crippen LogP contribution in [0.1, 0.15) is 32.6 Å². The van der Waals surface area contributed by atoms with Gasteiger partial charge in [-0.3, -0.25) is 10.2 Å². The van der Waals surface area contributed by atoms with Gasteiger partial charge in [0.05, 0.1) is 39.6 Å². The third-order valence-electron chi connectivity index (χ3n) is 2.61. The molecule has 0 saturated carbocycles. The summed E-state index contributed by atoms with van der Waals surface area (Å²) in [6.07, 6.45) is 3.28. The van der Waals surface area contributed by atoms with Crippen molar-refractivity contribution in [3.05, 3.63) is 0 Å². The average Bonchev–Trinajstić information content (AvgIpc) is 2.50. The molecule has 126 valence electrons. The van der Waals surface area contributed by atoms with Crippen LogP contribution in [0, 0.1) is 0 Å². The lowest BCUT2D eigenvalue weighted by Gasteiger charge is -2.07. The molecule has 21 heavy (non-hydrogen) atoms. The van der Waals surface area contributed by atoms with Crippen LogP contribution in [0.3, 0.4) is 0 Å². The van der Waals surface area contributed by atoms with Crippen LogP contribution in [-0.4, -0.2) is 58.8 Å². The minimum Gasteiger partial charge on any atom is -0.379 e. The van der Waals surface area contributed by atoms with Gasteiger partial charge in [-0.25, -0.2) is 5.84 Å². The lowest BCUT2D eigenvalue weighted by Crippen LogP contribution is -2.29. The molecule has 1 amide bonds. The highest BCUT2D eigenvalue weighted by atomic mass is 16.6. The van der Waals surface area contributed by atoms with Crippen LogP contribution in [0.2, 0.25) is 0 Å². The maximum atomic E-state index is 10.8. The average molecular weight is 306 g/mol. The molecule has 0 radical (unpaired) electrons. The van der Waals surface area contributed by atoms with Gasteiger partial charge >= 0.3 is 0 Å². The summed E-state index contributed by atoms with van der Waals surface area (Å²) in [5, 5.41) is 0. The summed E-state index contributed by atoms with van der Waals surface area (Å²) in [4.78, 5) is 10.8. The zero-order valence-corrected chi connectivity index (χ0v) is 13.1. The first kappa shape index (κ1) is 20.3. The number of nitrogens with one attached hydrogen (secondary N) is 1. The van der Waals surface area contributed by atoms with E-state index in [4.69, 9.17) is 24.8 Å². The van der Waals surface area contributed by atoms with Gasteiger partial charge in [0.1, 0.15) is 0 Å². The lowest BCUT2D eigenvalue weighted by atomic mass is 10.3. The summed E-state index contributed by atoms with van der Waals surface area (Å²) < 4.78 is 21.4. The summed E-state index contributed by atoms with van der Waals surface area (Å²) in [6.45, 7) is 6.87. The standard InChI is InChI=1S/C14H30N2O5/c1-2-3-6-18-8-10-20-12-13-21-11-9-19-7-4-5-14(17)16-15/h2-13,15H2,1H3,(H,16,17). The third kappa shape index (κ3) is 17.2. The predicted octanol–water partition coefficient (Wildman–Crippen LogP) is 0.623. The lowest BCUT2D eigenvalue weighted by molar-refractivity contribution is -0.121. The van der Waals surface area contributed by atoms with Crippen molar-refractivity contribution in [3.8, 4) is 0 Å². The number of amides is 1. The van der Waals surface area contributed by atoms with E-state index in [9.17, 15) is 4.79 Å². The number of rotatable bonds is 16. The Morgan fingerprint density at radius 3 is 1.67 bits per heavy atom. The van der Waals surface area contributed by atoms with E-state index >= 15 is 0 Å². The molecule has 0 aliphatic carbocycles. The maximum absolute atomic E-state index is 10.8. The molecular formula is C14H30N2O5. The van der Waals surface area contributed by atoms with Crippen LogP contribution in [0.5, 0.6) is 0 Å². The highest BCUT2D eigenvalue weighted by Gasteiger charge is 1.97. The van der Waals surface area contributed by atoms with Gasteiger partial charge in [0.25, 0.3) is 0 Å². The second-order valence-electron chi connectivity index (χ2n) is 4.47. The van der Waals surface area contributed by atoms with Gasteiger partial charge in [0.2, 0.25) is 5.91 Å². The summed E-state index contributed by atoms with van der Waals surface area (Å²) >= 11 is 0. The van der Waals surface area contributed by atoms with Crippen LogP contribution in [-0.2, 0) is 23.7 Å². The Bertz CT molecular complexity index is 229. The van der Waals surface area contributed by atoms with Gasteiger partial charge in [0.15, 0.2) is 0 Å². The first-order valence-corrected chi connectivity index (χ1v) is 7.61. The highest BCUT2D eigenvalue weighted by Crippen LogP contribution is 1.90. The number of carbonyl (C=O) groups is 1. The molecule has 0 aliphatic rings. The number of hydrogen-bond donors (Lipinski definition) is 2. The molecule has 0 aromatic heterocycles. The number of unbranched alkanes of at least 4 members (excludes halogenated alkanes) is 1. The Morgan fingerprint density at radius 1 is 0.810 bits per heavy atom. The van der Waals surface area contributed by atoms with Crippen molar-refractivity contribution in [2.75, 3.05) is 52.9 Å². The first-order valence-electron chi connectivity index (χ1n) is 7.61. The second-order valence-corrected chi connectivity index (χ2v) is 4.47. The van der Waals surface area contributed by atoms with E-state index < -0.39 is 0 Å². The summed E-state index contributed by atoms with van der Waals surface area (Å²) in [7, 11) is 0. The van der Waals surface area contributed by atoms with Crippen LogP contribution in [0.15, 0.2) is 0 Å². The fourth-order valence-electron chi connectivity index (χ4n) is 1.42. The normalized spacial score (nSPS) is 10.8. The minimum atomic E-state index is -0.175. The van der Waals surface area contributed by atoms with Gasteiger partial charge in [-0.2, -0.15) is 0 Å². The first-order chi connectivity index (χ1) is 10.3. The second kappa shape index (κ2) is 17.3. The molecule has 0 aromatic rings. The molecule has 0 fully saturated rings. The molecular weight excluding hydrogens is 276 g/mol. The summed E-state index contributed by atoms with van der Waals surface area (Å²) in [5.74, 6) is 4.78. The summed E-state index contributed by atoms with van der Waals surface area (Å²) in [6, 6.07) is 0. The molecule has 0 heterocycles. The third-order valence-corrected chi connectivity index (χ3v) is 2.61. The van der Waals surface area contributed by atoms with Gasteiger partial charge in [-0.05, 0) is 12.8 Å². The SMILES string of the molecule is CCCCOCCOCCOCCOCCCC(=O)NN. The molecule has 0 aromatic carbocycles. The molecule has 7 heteroatoms. The van der Waals surface area contributed by atoms with Crippen molar-refractivity contribution < 1.29 is 23.7 Å². The smallest absolute Gasteiger partial charge is 0.233 e. The van der Waals surface area contributed by atoms with Gasteiger partial charge < -0.3 is 18.9 Å². The largest absolute Gasteiger partial charge is 0.379 e. The Hall–Kier alpha value is -0.730. The molecule has 0 atom stereocenters. The molecule has 0 aliphatic heterocycles. The van der Waals surface area contributed by atoms with Crippen molar-refractivity contribution in [1.29, 1.82) is 0 Å². The number of nitrogens with two attached hydrogens (primary N) is 1. The van der Waals surface area contributed by atoms with E-state index in [2.05, 4.69) is 12.3 Å². The number of hydrogen-bond acceptors (Lipinski definition) is 6. The molecule has 7 nitrogen and oxygen atoms in total. The Balaban J connectivity index is 2.98. The van der Waals surface area contributed by atoms with E-state index in [1.54, 1.807) is 0 Å². The molecule has 3 N–H and O–H groups in total. The van der Waals surface area contributed by atoms with Gasteiger partial charge in [-0.15, -0.1) is 0 Å². The molecule has 0 spiro atoms. The Morgan fingerprint density at radius 2 is 1.24 bits per heavy atom. The van der Waals surface area contributed by atoms with Crippen LogP contribution in [0.4, 0.5) is 0 Å². The zero-order chi connectivity index (χ0) is 15.6. The fourth-order valence-corrected chi connectivity index (χ4v) is 1.42. The Labute approximate surface area is 127 Å². The van der Waals surface area contributed by atoms with E-state index in [-0.39, 0.29) is 5.91 Å². The monoisotopic (exact) mass is 306 g/mol. The quantitative estimate of drug-likeness (QED) is 0.188. The fraction of sp³-hybridized carbons (Fsp3) is 0.929. The van der Waals surface area contributed by atoms with Crippen molar-refractivity contribution in [1.82, 2.24) is 5.43 Å². The minimum absolute atomic E-state index is 0.175. The van der Waals surface area contributed by atoms with Crippen LogP contribution < -0.4 is 11.3 Å². The van der Waals surface area contributed by atoms with Crippen molar-refractivity contribution in [2.24, 2.45) is 5.84 Å². The van der Waals surface area contributed by atoms with Gasteiger partial charge in [0, 0.05) is 19.6 Å². The number of hydrazine groups is 1. The van der Waals surface area contributed by atoms with Crippen molar-refractivity contribution >= 4 is 5.91 Å². The molecule has 0 unspecified atom stereocenters. The predicted molar refractivity (Wildman–Crippen MR) is 79.7 cm³/mol.